The standard InChI is InChI=1S/C9H13N2O10P/c12-2-1-3(13)11(9(17)10-2)7-5(15)4(14)6(21-7)8(16)22(18,19)20/h4-8,14-16H,1H2,(H,10,12,17)(H2,18,19,20)/t4-,5+,6-,7+,8?/m0/s1. The first-order valence-corrected chi connectivity index (χ1v) is 7.63. The topological polar surface area (TPSA) is 194 Å². The lowest BCUT2D eigenvalue weighted by Crippen LogP contribution is -2.59. The molecule has 12 nitrogen and oxygen atoms in total. The van der Waals surface area contributed by atoms with Crippen LogP contribution in [-0.4, -0.2) is 78.2 Å². The van der Waals surface area contributed by atoms with Crippen LogP contribution in [-0.2, 0) is 18.9 Å². The van der Waals surface area contributed by atoms with Crippen LogP contribution in [0.5, 0.6) is 0 Å². The number of urea groups is 1. The maximum atomic E-state index is 11.7. The van der Waals surface area contributed by atoms with Gasteiger partial charge in [0.25, 0.3) is 0 Å². The summed E-state index contributed by atoms with van der Waals surface area (Å²) >= 11 is 0. The SMILES string of the molecule is O=C1CC(=O)N([C@@H]2O[C@H](C(O)P(=O)(O)O)[C@@H](O)[C@H]2O)C(=O)N1. The highest BCUT2D eigenvalue weighted by molar-refractivity contribution is 7.52. The fourth-order valence-electron chi connectivity index (χ4n) is 2.15. The fourth-order valence-corrected chi connectivity index (χ4v) is 2.78. The third-order valence-electron chi connectivity index (χ3n) is 3.21. The molecule has 0 saturated carbocycles. The lowest BCUT2D eigenvalue weighted by Gasteiger charge is -2.31. The van der Waals surface area contributed by atoms with Crippen molar-refractivity contribution >= 4 is 25.4 Å². The number of barbiturate groups is 1. The molecule has 4 amide bonds. The molecular formula is C9H13N2O10P. The molecule has 0 aliphatic carbocycles. The number of carbonyl (C=O) groups is 3. The predicted octanol–water partition coefficient (Wildman–Crippen LogP) is -3.60. The van der Waals surface area contributed by atoms with Gasteiger partial charge >= 0.3 is 13.6 Å². The molecule has 0 aromatic carbocycles. The van der Waals surface area contributed by atoms with Gasteiger partial charge in [0.2, 0.25) is 11.8 Å². The summed E-state index contributed by atoms with van der Waals surface area (Å²) in [7, 11) is -5.08. The maximum Gasteiger partial charge on any atom is 0.356 e. The molecule has 1 unspecified atom stereocenters. The number of nitrogens with one attached hydrogen (secondary N) is 1. The van der Waals surface area contributed by atoms with Crippen molar-refractivity contribution in [2.24, 2.45) is 0 Å². The van der Waals surface area contributed by atoms with Crippen molar-refractivity contribution in [3.8, 4) is 0 Å². The van der Waals surface area contributed by atoms with E-state index in [0.29, 0.717) is 4.90 Å². The van der Waals surface area contributed by atoms with Crippen LogP contribution in [0.1, 0.15) is 6.42 Å². The molecule has 124 valence electrons. The lowest BCUT2D eigenvalue weighted by atomic mass is 10.1. The highest BCUT2D eigenvalue weighted by Gasteiger charge is 2.55. The molecular weight excluding hydrogens is 327 g/mol. The van der Waals surface area contributed by atoms with E-state index in [2.05, 4.69) is 0 Å². The fraction of sp³-hybridized carbons (Fsp3) is 0.667. The van der Waals surface area contributed by atoms with E-state index in [4.69, 9.17) is 14.5 Å². The van der Waals surface area contributed by atoms with Gasteiger partial charge in [0.15, 0.2) is 12.1 Å². The quantitative estimate of drug-likeness (QED) is 0.221. The van der Waals surface area contributed by atoms with Crippen molar-refractivity contribution in [3.05, 3.63) is 0 Å². The molecule has 5 atom stereocenters. The van der Waals surface area contributed by atoms with E-state index in [1.54, 1.807) is 5.32 Å². The van der Waals surface area contributed by atoms with E-state index < -0.39 is 62.2 Å². The third kappa shape index (κ3) is 2.90. The summed E-state index contributed by atoms with van der Waals surface area (Å²) in [4.78, 5) is 52.4. The van der Waals surface area contributed by atoms with Crippen molar-refractivity contribution in [1.82, 2.24) is 10.2 Å². The molecule has 2 aliphatic rings. The molecule has 2 saturated heterocycles. The second kappa shape index (κ2) is 5.66. The molecule has 2 aliphatic heterocycles. The Morgan fingerprint density at radius 1 is 1.23 bits per heavy atom. The van der Waals surface area contributed by atoms with Crippen LogP contribution in [0, 0.1) is 0 Å². The van der Waals surface area contributed by atoms with Crippen LogP contribution >= 0.6 is 7.60 Å². The van der Waals surface area contributed by atoms with Crippen molar-refractivity contribution in [2.75, 3.05) is 0 Å². The summed E-state index contributed by atoms with van der Waals surface area (Å²) in [5, 5.41) is 30.7. The number of rotatable bonds is 3. The Kier molecular flexibility index (Phi) is 4.37. The van der Waals surface area contributed by atoms with E-state index in [0.717, 1.165) is 0 Å². The summed E-state index contributed by atoms with van der Waals surface area (Å²) in [6.45, 7) is 0. The van der Waals surface area contributed by atoms with Crippen molar-refractivity contribution in [1.29, 1.82) is 0 Å². The third-order valence-corrected chi connectivity index (χ3v) is 4.20. The number of hydrogen-bond acceptors (Lipinski definition) is 8. The number of hydrogen-bond donors (Lipinski definition) is 6. The van der Waals surface area contributed by atoms with Crippen LogP contribution in [0.4, 0.5) is 4.79 Å². The zero-order valence-corrected chi connectivity index (χ0v) is 11.7. The highest BCUT2D eigenvalue weighted by Crippen LogP contribution is 2.45. The van der Waals surface area contributed by atoms with Gasteiger partial charge in [-0.25, -0.2) is 9.69 Å². The molecule has 2 fully saturated rings. The Hall–Kier alpha value is -1.40. The molecule has 0 aromatic rings. The van der Waals surface area contributed by atoms with Crippen molar-refractivity contribution in [3.63, 3.8) is 0 Å². The maximum absolute atomic E-state index is 11.7. The average molecular weight is 340 g/mol. The van der Waals surface area contributed by atoms with Gasteiger partial charge in [-0.2, -0.15) is 0 Å². The zero-order valence-electron chi connectivity index (χ0n) is 10.8. The highest BCUT2D eigenvalue weighted by atomic mass is 31.2. The Bertz CT molecular complexity index is 541. The second-order valence-corrected chi connectivity index (χ2v) is 6.48. The van der Waals surface area contributed by atoms with E-state index in [9.17, 15) is 34.3 Å². The number of aliphatic hydroxyl groups is 3. The van der Waals surface area contributed by atoms with Gasteiger partial charge in [-0.1, -0.05) is 0 Å². The number of imide groups is 2. The van der Waals surface area contributed by atoms with Crippen LogP contribution in [0.3, 0.4) is 0 Å². The molecule has 0 spiro atoms. The van der Waals surface area contributed by atoms with Crippen LogP contribution < -0.4 is 5.32 Å². The largest absolute Gasteiger partial charge is 0.387 e. The summed E-state index contributed by atoms with van der Waals surface area (Å²) in [6.07, 6.45) is -8.33. The van der Waals surface area contributed by atoms with Crippen LogP contribution in [0.15, 0.2) is 0 Å². The molecule has 13 heteroatoms. The monoisotopic (exact) mass is 340 g/mol. The Morgan fingerprint density at radius 2 is 1.82 bits per heavy atom. The van der Waals surface area contributed by atoms with Gasteiger partial charge in [0.1, 0.15) is 24.7 Å². The molecule has 0 bridgehead atoms. The summed E-state index contributed by atoms with van der Waals surface area (Å²) < 4.78 is 15.9. The molecule has 22 heavy (non-hydrogen) atoms. The van der Waals surface area contributed by atoms with Gasteiger partial charge in [0.05, 0.1) is 0 Å². The average Bonchev–Trinajstić information content (AvgIpc) is 2.64. The number of carbonyl (C=O) groups excluding carboxylic acids is 3. The first kappa shape index (κ1) is 17.0. The number of amides is 4. The Balaban J connectivity index is 2.23. The first-order chi connectivity index (χ1) is 10.0. The lowest BCUT2D eigenvalue weighted by molar-refractivity contribution is -0.151. The van der Waals surface area contributed by atoms with Crippen LogP contribution in [0.25, 0.3) is 0 Å². The Morgan fingerprint density at radius 3 is 2.32 bits per heavy atom. The zero-order chi connectivity index (χ0) is 16.8. The van der Waals surface area contributed by atoms with Crippen LogP contribution in [0.2, 0.25) is 0 Å². The smallest absolute Gasteiger partial charge is 0.356 e. The van der Waals surface area contributed by atoms with E-state index >= 15 is 0 Å². The van der Waals surface area contributed by atoms with E-state index in [-0.39, 0.29) is 0 Å². The molecule has 0 aromatic heterocycles. The molecule has 6 N–H and O–H groups in total. The van der Waals surface area contributed by atoms with E-state index in [1.807, 2.05) is 0 Å². The first-order valence-electron chi connectivity index (χ1n) is 5.94. The summed E-state index contributed by atoms with van der Waals surface area (Å²) in [5.74, 6) is -4.37. The minimum absolute atomic E-state index is 0.307. The summed E-state index contributed by atoms with van der Waals surface area (Å²) in [6, 6.07) is -1.22. The predicted molar refractivity (Wildman–Crippen MR) is 63.7 cm³/mol. The van der Waals surface area contributed by atoms with Gasteiger partial charge in [-0.05, 0) is 0 Å². The van der Waals surface area contributed by atoms with E-state index in [1.165, 1.54) is 0 Å². The van der Waals surface area contributed by atoms with Gasteiger partial charge in [0, 0.05) is 0 Å². The second-order valence-electron chi connectivity index (χ2n) is 4.77. The minimum atomic E-state index is -5.08. The molecule has 0 radical (unpaired) electrons. The number of nitrogens with zero attached hydrogens (tertiary/aromatic N) is 1. The van der Waals surface area contributed by atoms with Crippen molar-refractivity contribution < 1.29 is 48.8 Å². The normalized spacial score (nSPS) is 34.8. The number of ether oxygens (including phenoxy) is 1. The summed E-state index contributed by atoms with van der Waals surface area (Å²) in [5.41, 5.74) is 0. The number of aliphatic hydroxyl groups excluding tert-OH is 3. The van der Waals surface area contributed by atoms with Gasteiger partial charge in [-0.3, -0.25) is 19.5 Å². The van der Waals surface area contributed by atoms with Gasteiger partial charge < -0.3 is 29.8 Å². The van der Waals surface area contributed by atoms with Gasteiger partial charge in [-0.15, -0.1) is 0 Å². The molecule has 2 rings (SSSR count). The molecule has 2 heterocycles. The Labute approximate surface area is 122 Å². The van der Waals surface area contributed by atoms with Crippen molar-refractivity contribution in [2.45, 2.75) is 36.8 Å². The minimum Gasteiger partial charge on any atom is -0.387 e.